The summed E-state index contributed by atoms with van der Waals surface area (Å²) >= 11 is 0. The number of aromatic nitrogens is 2. The first-order valence-electron chi connectivity index (χ1n) is 5.93. The van der Waals surface area contributed by atoms with Gasteiger partial charge in [-0.3, -0.25) is 0 Å². The standard InChI is InChI=1S/C14H12FN3O/c1-8(16)13-17-18-14(19-13)11-6-7-12(15)10-5-3-2-4-9(10)11/h2-8H,16H2,1H3. The van der Waals surface area contributed by atoms with Crippen molar-refractivity contribution < 1.29 is 8.81 Å². The molecule has 4 nitrogen and oxygen atoms in total. The molecule has 19 heavy (non-hydrogen) atoms. The Hall–Kier alpha value is -2.27. The van der Waals surface area contributed by atoms with Crippen molar-refractivity contribution in [3.05, 3.63) is 48.1 Å². The molecule has 3 rings (SSSR count). The van der Waals surface area contributed by atoms with Gasteiger partial charge in [0, 0.05) is 10.9 Å². The third kappa shape index (κ3) is 1.98. The van der Waals surface area contributed by atoms with Crippen molar-refractivity contribution in [3.63, 3.8) is 0 Å². The molecule has 2 aromatic carbocycles. The van der Waals surface area contributed by atoms with E-state index in [2.05, 4.69) is 10.2 Å². The lowest BCUT2D eigenvalue weighted by Gasteiger charge is -2.03. The number of halogens is 1. The first-order chi connectivity index (χ1) is 9.16. The molecule has 5 heteroatoms. The van der Waals surface area contributed by atoms with Crippen LogP contribution in [0.3, 0.4) is 0 Å². The van der Waals surface area contributed by atoms with Crippen LogP contribution in [-0.4, -0.2) is 10.2 Å². The van der Waals surface area contributed by atoms with Crippen molar-refractivity contribution in [1.29, 1.82) is 0 Å². The van der Waals surface area contributed by atoms with Crippen LogP contribution in [0.5, 0.6) is 0 Å². The molecule has 0 saturated carbocycles. The van der Waals surface area contributed by atoms with E-state index in [-0.39, 0.29) is 11.9 Å². The predicted octanol–water partition coefficient (Wildman–Crippen LogP) is 3.05. The maximum absolute atomic E-state index is 13.7. The zero-order valence-electron chi connectivity index (χ0n) is 10.3. The highest BCUT2D eigenvalue weighted by atomic mass is 19.1. The molecule has 1 aromatic heterocycles. The van der Waals surface area contributed by atoms with Crippen LogP contribution < -0.4 is 5.73 Å². The van der Waals surface area contributed by atoms with Gasteiger partial charge in [-0.15, -0.1) is 10.2 Å². The summed E-state index contributed by atoms with van der Waals surface area (Å²) in [5.74, 6) is 0.443. The molecule has 1 unspecified atom stereocenters. The minimum atomic E-state index is -0.326. The second kappa shape index (κ2) is 4.44. The fraction of sp³-hybridized carbons (Fsp3) is 0.143. The summed E-state index contributed by atoms with van der Waals surface area (Å²) in [6, 6.07) is 9.88. The Bertz CT molecular complexity index is 736. The summed E-state index contributed by atoms with van der Waals surface area (Å²) in [6.45, 7) is 1.76. The van der Waals surface area contributed by atoms with Crippen LogP contribution in [0.2, 0.25) is 0 Å². The van der Waals surface area contributed by atoms with E-state index in [1.807, 2.05) is 12.1 Å². The molecule has 0 bridgehead atoms. The minimum absolute atomic E-state index is 0.272. The Kier molecular flexibility index (Phi) is 2.76. The number of hydrogen-bond donors (Lipinski definition) is 1. The van der Waals surface area contributed by atoms with E-state index in [9.17, 15) is 4.39 Å². The van der Waals surface area contributed by atoms with Gasteiger partial charge in [-0.25, -0.2) is 4.39 Å². The van der Waals surface area contributed by atoms with Crippen molar-refractivity contribution >= 4 is 10.8 Å². The highest BCUT2D eigenvalue weighted by Crippen LogP contribution is 2.29. The van der Waals surface area contributed by atoms with Crippen LogP contribution in [0.25, 0.3) is 22.2 Å². The van der Waals surface area contributed by atoms with E-state index in [4.69, 9.17) is 10.2 Å². The van der Waals surface area contributed by atoms with Gasteiger partial charge in [0.15, 0.2) is 0 Å². The third-order valence-electron chi connectivity index (χ3n) is 2.93. The van der Waals surface area contributed by atoms with Gasteiger partial charge in [0.2, 0.25) is 11.8 Å². The average molecular weight is 257 g/mol. The molecule has 0 aliphatic rings. The number of hydrogen-bond acceptors (Lipinski definition) is 4. The minimum Gasteiger partial charge on any atom is -0.419 e. The highest BCUT2D eigenvalue weighted by Gasteiger charge is 2.15. The monoisotopic (exact) mass is 257 g/mol. The fourth-order valence-corrected chi connectivity index (χ4v) is 1.98. The summed E-state index contributed by atoms with van der Waals surface area (Å²) in [6.07, 6.45) is 0. The number of fused-ring (bicyclic) bond motifs is 1. The molecular formula is C14H12FN3O. The Morgan fingerprint density at radius 3 is 2.53 bits per heavy atom. The van der Waals surface area contributed by atoms with Crippen LogP contribution in [0.15, 0.2) is 40.8 Å². The summed E-state index contributed by atoms with van der Waals surface area (Å²) in [4.78, 5) is 0. The largest absolute Gasteiger partial charge is 0.419 e. The van der Waals surface area contributed by atoms with Gasteiger partial charge < -0.3 is 10.2 Å². The number of nitrogens with zero attached hydrogens (tertiary/aromatic N) is 2. The average Bonchev–Trinajstić information content (AvgIpc) is 2.89. The first kappa shape index (κ1) is 11.8. The number of benzene rings is 2. The van der Waals surface area contributed by atoms with E-state index >= 15 is 0 Å². The van der Waals surface area contributed by atoms with E-state index in [1.165, 1.54) is 6.07 Å². The molecule has 0 spiro atoms. The summed E-state index contributed by atoms with van der Waals surface area (Å²) in [7, 11) is 0. The zero-order chi connectivity index (χ0) is 13.4. The van der Waals surface area contributed by atoms with Crippen molar-refractivity contribution in [3.8, 4) is 11.5 Å². The molecule has 0 aliphatic carbocycles. The van der Waals surface area contributed by atoms with E-state index in [0.717, 1.165) is 5.39 Å². The molecular weight excluding hydrogens is 245 g/mol. The van der Waals surface area contributed by atoms with Gasteiger partial charge in [0.25, 0.3) is 0 Å². The lowest BCUT2D eigenvalue weighted by Crippen LogP contribution is -2.04. The predicted molar refractivity (Wildman–Crippen MR) is 69.8 cm³/mol. The smallest absolute Gasteiger partial charge is 0.248 e. The van der Waals surface area contributed by atoms with Gasteiger partial charge >= 0.3 is 0 Å². The van der Waals surface area contributed by atoms with Gasteiger partial charge in [-0.1, -0.05) is 24.3 Å². The molecule has 1 heterocycles. The van der Waals surface area contributed by atoms with Gasteiger partial charge in [0.05, 0.1) is 6.04 Å². The van der Waals surface area contributed by atoms with Crippen LogP contribution >= 0.6 is 0 Å². The van der Waals surface area contributed by atoms with Gasteiger partial charge in [-0.05, 0) is 24.4 Å². The SMILES string of the molecule is CC(N)c1nnc(-c2ccc(F)c3ccccc23)o1. The van der Waals surface area contributed by atoms with Crippen molar-refractivity contribution in [2.75, 3.05) is 0 Å². The topological polar surface area (TPSA) is 64.9 Å². The van der Waals surface area contributed by atoms with Crippen LogP contribution in [0.1, 0.15) is 18.9 Å². The van der Waals surface area contributed by atoms with Crippen molar-refractivity contribution in [2.24, 2.45) is 5.73 Å². The third-order valence-corrected chi connectivity index (χ3v) is 2.93. The first-order valence-corrected chi connectivity index (χ1v) is 5.93. The fourth-order valence-electron chi connectivity index (χ4n) is 1.98. The van der Waals surface area contributed by atoms with Crippen LogP contribution in [-0.2, 0) is 0 Å². The molecule has 0 aliphatic heterocycles. The quantitative estimate of drug-likeness (QED) is 0.766. The lowest BCUT2D eigenvalue weighted by molar-refractivity contribution is 0.473. The molecule has 0 radical (unpaired) electrons. The Morgan fingerprint density at radius 2 is 1.84 bits per heavy atom. The number of rotatable bonds is 2. The summed E-state index contributed by atoms with van der Waals surface area (Å²) in [5, 5.41) is 9.12. The Labute approximate surface area is 109 Å². The second-order valence-corrected chi connectivity index (χ2v) is 4.37. The van der Waals surface area contributed by atoms with Crippen molar-refractivity contribution in [2.45, 2.75) is 13.0 Å². The normalized spacial score (nSPS) is 12.8. The molecule has 0 saturated heterocycles. The Balaban J connectivity index is 2.22. The molecule has 0 amide bonds. The van der Waals surface area contributed by atoms with Gasteiger partial charge in [-0.2, -0.15) is 0 Å². The lowest BCUT2D eigenvalue weighted by atomic mass is 10.0. The summed E-state index contributed by atoms with van der Waals surface area (Å²) in [5.41, 5.74) is 6.39. The number of nitrogens with two attached hydrogens (primary N) is 1. The summed E-state index contributed by atoms with van der Waals surface area (Å²) < 4.78 is 19.2. The maximum Gasteiger partial charge on any atom is 0.248 e. The van der Waals surface area contributed by atoms with E-state index < -0.39 is 0 Å². The van der Waals surface area contributed by atoms with Crippen molar-refractivity contribution in [1.82, 2.24) is 10.2 Å². The van der Waals surface area contributed by atoms with Crippen LogP contribution in [0, 0.1) is 5.82 Å². The maximum atomic E-state index is 13.7. The molecule has 3 aromatic rings. The highest BCUT2D eigenvalue weighted by molar-refractivity contribution is 5.95. The molecule has 96 valence electrons. The molecule has 2 N–H and O–H groups in total. The molecule has 0 fully saturated rings. The van der Waals surface area contributed by atoms with Crippen LogP contribution in [0.4, 0.5) is 4.39 Å². The van der Waals surface area contributed by atoms with E-state index in [1.54, 1.807) is 25.1 Å². The van der Waals surface area contributed by atoms with E-state index in [0.29, 0.717) is 22.7 Å². The Morgan fingerprint density at radius 1 is 1.11 bits per heavy atom. The zero-order valence-corrected chi connectivity index (χ0v) is 10.3. The van der Waals surface area contributed by atoms with Gasteiger partial charge in [0.1, 0.15) is 5.82 Å². The second-order valence-electron chi connectivity index (χ2n) is 4.37. The molecule has 1 atom stereocenters.